The number of piperidine rings is 1. The first-order valence-electron chi connectivity index (χ1n) is 6.81. The van der Waals surface area contributed by atoms with Gasteiger partial charge in [-0.2, -0.15) is 13.2 Å². The molecule has 0 bridgehead atoms. The lowest BCUT2D eigenvalue weighted by Gasteiger charge is -2.30. The van der Waals surface area contributed by atoms with Gasteiger partial charge in [-0.3, -0.25) is 0 Å². The first-order valence-corrected chi connectivity index (χ1v) is 6.81. The van der Waals surface area contributed by atoms with Gasteiger partial charge in [-0.15, -0.1) is 0 Å². The number of nitrogens with zero attached hydrogens (tertiary/aromatic N) is 1. The third-order valence-corrected chi connectivity index (χ3v) is 3.66. The van der Waals surface area contributed by atoms with Crippen LogP contribution in [0.15, 0.2) is 12.1 Å². The summed E-state index contributed by atoms with van der Waals surface area (Å²) in [6.45, 7) is 1.54. The van der Waals surface area contributed by atoms with Crippen LogP contribution in [0.3, 0.4) is 0 Å². The molecular formula is C14H19F3N2O2. The Kier molecular flexibility index (Phi) is 4.51. The molecule has 7 heteroatoms. The zero-order chi connectivity index (χ0) is 15.6. The summed E-state index contributed by atoms with van der Waals surface area (Å²) < 4.78 is 43.3. The van der Waals surface area contributed by atoms with Crippen LogP contribution >= 0.6 is 0 Å². The van der Waals surface area contributed by atoms with Crippen LogP contribution in [0.2, 0.25) is 0 Å². The number of rotatable bonds is 3. The maximum Gasteiger partial charge on any atom is 0.418 e. The fourth-order valence-electron chi connectivity index (χ4n) is 2.61. The molecule has 1 aromatic carbocycles. The Balaban J connectivity index is 2.43. The molecule has 4 nitrogen and oxygen atoms in total. The van der Waals surface area contributed by atoms with Gasteiger partial charge in [0.1, 0.15) is 5.75 Å². The second-order valence-corrected chi connectivity index (χ2v) is 5.15. The van der Waals surface area contributed by atoms with Crippen LogP contribution in [-0.4, -0.2) is 31.5 Å². The molecule has 1 atom stereocenters. The Labute approximate surface area is 121 Å². The highest BCUT2D eigenvalue weighted by Crippen LogP contribution is 2.42. The summed E-state index contributed by atoms with van der Waals surface area (Å²) >= 11 is 0. The number of alkyl halides is 3. The molecule has 0 aromatic heterocycles. The molecule has 0 saturated carbocycles. The minimum Gasteiger partial charge on any atom is -0.494 e. The van der Waals surface area contributed by atoms with Gasteiger partial charge in [0.25, 0.3) is 0 Å². The third kappa shape index (κ3) is 3.34. The predicted octanol–water partition coefficient (Wildman–Crippen LogP) is 2.86. The van der Waals surface area contributed by atoms with Crippen LogP contribution in [0.25, 0.3) is 0 Å². The van der Waals surface area contributed by atoms with Crippen molar-refractivity contribution in [1.29, 1.82) is 0 Å². The standard InChI is InChI=1S/C14H19F3N2O2/c1-21-12-10(13(20)14(15,16)17)7-9(8-11(12)18)19-5-3-2-4-6-19/h7-8,13,20H,2-6,18H2,1H3. The lowest BCUT2D eigenvalue weighted by atomic mass is 10.0. The molecule has 1 aliphatic rings. The van der Waals surface area contributed by atoms with Crippen molar-refractivity contribution in [3.05, 3.63) is 17.7 Å². The average Bonchev–Trinajstić information content (AvgIpc) is 2.45. The number of nitrogen functional groups attached to an aromatic ring is 1. The van der Waals surface area contributed by atoms with Crippen molar-refractivity contribution in [2.24, 2.45) is 0 Å². The van der Waals surface area contributed by atoms with Crippen molar-refractivity contribution >= 4 is 11.4 Å². The maximum atomic E-state index is 12.8. The number of ether oxygens (including phenoxy) is 1. The number of halogens is 3. The van der Waals surface area contributed by atoms with E-state index < -0.39 is 12.3 Å². The minimum absolute atomic E-state index is 0.0962. The van der Waals surface area contributed by atoms with E-state index in [1.165, 1.54) is 13.2 Å². The highest BCUT2D eigenvalue weighted by atomic mass is 19.4. The Hall–Kier alpha value is -1.63. The number of nitrogens with two attached hydrogens (primary N) is 1. The molecule has 0 amide bonds. The number of hydrogen-bond acceptors (Lipinski definition) is 4. The van der Waals surface area contributed by atoms with E-state index in [1.54, 1.807) is 6.07 Å². The van der Waals surface area contributed by atoms with Gasteiger partial charge in [0, 0.05) is 24.3 Å². The van der Waals surface area contributed by atoms with Gasteiger partial charge in [-0.05, 0) is 31.4 Å². The quantitative estimate of drug-likeness (QED) is 0.843. The van der Waals surface area contributed by atoms with Crippen LogP contribution in [0.1, 0.15) is 30.9 Å². The van der Waals surface area contributed by atoms with Crippen molar-refractivity contribution in [2.45, 2.75) is 31.5 Å². The van der Waals surface area contributed by atoms with Crippen molar-refractivity contribution in [3.63, 3.8) is 0 Å². The van der Waals surface area contributed by atoms with Gasteiger partial charge < -0.3 is 20.5 Å². The van der Waals surface area contributed by atoms with Gasteiger partial charge in [0.2, 0.25) is 0 Å². The molecule has 0 aliphatic carbocycles. The van der Waals surface area contributed by atoms with Crippen LogP contribution < -0.4 is 15.4 Å². The van der Waals surface area contributed by atoms with Gasteiger partial charge in [0.15, 0.2) is 6.10 Å². The molecule has 0 radical (unpaired) electrons. The lowest BCUT2D eigenvalue weighted by Crippen LogP contribution is -2.30. The number of benzene rings is 1. The number of anilines is 2. The molecule has 1 fully saturated rings. The van der Waals surface area contributed by atoms with Crippen molar-refractivity contribution in [1.82, 2.24) is 0 Å². The normalized spacial score (nSPS) is 17.7. The van der Waals surface area contributed by atoms with E-state index in [0.29, 0.717) is 5.69 Å². The highest BCUT2D eigenvalue weighted by molar-refractivity contribution is 5.67. The summed E-state index contributed by atoms with van der Waals surface area (Å²) in [6, 6.07) is 2.91. The Morgan fingerprint density at radius 2 is 1.86 bits per heavy atom. The second kappa shape index (κ2) is 6.01. The molecule has 0 spiro atoms. The summed E-state index contributed by atoms with van der Waals surface area (Å²) in [4.78, 5) is 1.98. The largest absolute Gasteiger partial charge is 0.494 e. The van der Waals surface area contributed by atoms with Gasteiger partial charge in [-0.25, -0.2) is 0 Å². The molecule has 1 aliphatic heterocycles. The fraction of sp³-hybridized carbons (Fsp3) is 0.571. The summed E-state index contributed by atoms with van der Waals surface area (Å²) in [5.74, 6) is -0.124. The van der Waals surface area contributed by atoms with Crippen LogP contribution in [0, 0.1) is 0 Å². The van der Waals surface area contributed by atoms with E-state index in [0.717, 1.165) is 32.4 Å². The fourth-order valence-corrected chi connectivity index (χ4v) is 2.61. The Morgan fingerprint density at radius 1 is 1.24 bits per heavy atom. The lowest BCUT2D eigenvalue weighted by molar-refractivity contribution is -0.207. The topological polar surface area (TPSA) is 58.7 Å². The molecule has 1 saturated heterocycles. The molecule has 1 unspecified atom stereocenters. The van der Waals surface area contributed by atoms with Gasteiger partial charge in [0.05, 0.1) is 12.8 Å². The molecule has 1 heterocycles. The second-order valence-electron chi connectivity index (χ2n) is 5.15. The Bertz CT molecular complexity index is 500. The monoisotopic (exact) mass is 304 g/mol. The smallest absolute Gasteiger partial charge is 0.418 e. The van der Waals surface area contributed by atoms with Crippen molar-refractivity contribution in [2.75, 3.05) is 30.8 Å². The van der Waals surface area contributed by atoms with Crippen LogP contribution in [0.4, 0.5) is 24.5 Å². The molecule has 118 valence electrons. The summed E-state index contributed by atoms with van der Waals surface area (Å²) in [6.07, 6.45) is -4.29. The molecule has 21 heavy (non-hydrogen) atoms. The first kappa shape index (κ1) is 15.8. The van der Waals surface area contributed by atoms with Gasteiger partial charge in [-0.1, -0.05) is 0 Å². The van der Waals surface area contributed by atoms with Crippen molar-refractivity contribution < 1.29 is 23.0 Å². The molecule has 2 rings (SSSR count). The number of hydrogen-bond donors (Lipinski definition) is 2. The minimum atomic E-state index is -4.76. The van der Waals surface area contributed by atoms with Crippen molar-refractivity contribution in [3.8, 4) is 5.75 Å². The van der Waals surface area contributed by atoms with Crippen LogP contribution in [0.5, 0.6) is 5.75 Å². The van der Waals surface area contributed by atoms with Gasteiger partial charge >= 0.3 is 6.18 Å². The molecule has 1 aromatic rings. The maximum absolute atomic E-state index is 12.8. The molecular weight excluding hydrogens is 285 g/mol. The zero-order valence-electron chi connectivity index (χ0n) is 11.8. The summed E-state index contributed by atoms with van der Waals surface area (Å²) in [5, 5.41) is 9.54. The Morgan fingerprint density at radius 3 is 2.38 bits per heavy atom. The van der Waals surface area contributed by atoms with E-state index in [4.69, 9.17) is 10.5 Å². The van der Waals surface area contributed by atoms with E-state index in [9.17, 15) is 18.3 Å². The zero-order valence-corrected chi connectivity index (χ0v) is 11.8. The highest BCUT2D eigenvalue weighted by Gasteiger charge is 2.41. The van der Waals surface area contributed by atoms with E-state index in [2.05, 4.69) is 0 Å². The first-order chi connectivity index (χ1) is 9.84. The number of aliphatic hydroxyl groups is 1. The number of methoxy groups -OCH3 is 1. The third-order valence-electron chi connectivity index (χ3n) is 3.66. The van der Waals surface area contributed by atoms with E-state index in [1.807, 2.05) is 4.90 Å². The van der Waals surface area contributed by atoms with Crippen LogP contribution in [-0.2, 0) is 0 Å². The average molecular weight is 304 g/mol. The number of aliphatic hydroxyl groups excluding tert-OH is 1. The summed E-state index contributed by atoms with van der Waals surface area (Å²) in [5.41, 5.74) is 6.13. The predicted molar refractivity (Wildman–Crippen MR) is 74.5 cm³/mol. The van der Waals surface area contributed by atoms with E-state index in [-0.39, 0.29) is 17.0 Å². The SMILES string of the molecule is COc1c(N)cc(N2CCCCC2)cc1C(O)C(F)(F)F. The molecule has 3 N–H and O–H groups in total. The summed E-state index contributed by atoms with van der Waals surface area (Å²) in [7, 11) is 1.23. The van der Waals surface area contributed by atoms with E-state index >= 15 is 0 Å².